The first-order chi connectivity index (χ1) is 8.28. The van der Waals surface area contributed by atoms with Gasteiger partial charge in [0.25, 0.3) is 0 Å². The quantitative estimate of drug-likeness (QED) is 0.586. The number of thiocarbonyl (C=S) groups is 1. The SMILES string of the molecule is CC1(C)CCC[C@]2(C)[C@H]3CC(=S)O[C@]3(C)CC[C@@H]12. The standard InChI is InChI=1S/C16H26OS/c1-14(2)7-5-8-15(3)11(14)6-9-16(4)12(15)10-13(18)17-16/h11-12H,5-10H2,1-4H3/t11-,12+,15-,16+/m0/s1. The second-order valence-corrected chi connectivity index (χ2v) is 8.44. The zero-order valence-corrected chi connectivity index (χ0v) is 13.0. The molecule has 3 fully saturated rings. The third kappa shape index (κ3) is 1.60. The topological polar surface area (TPSA) is 9.23 Å². The highest BCUT2D eigenvalue weighted by Crippen LogP contribution is 2.65. The maximum atomic E-state index is 6.07. The third-order valence-corrected chi connectivity index (χ3v) is 6.71. The minimum Gasteiger partial charge on any atom is -0.481 e. The van der Waals surface area contributed by atoms with E-state index in [-0.39, 0.29) is 5.60 Å². The van der Waals surface area contributed by atoms with Crippen LogP contribution in [-0.4, -0.2) is 10.7 Å². The lowest BCUT2D eigenvalue weighted by atomic mass is 9.46. The molecular weight excluding hydrogens is 240 g/mol. The lowest BCUT2D eigenvalue weighted by Gasteiger charge is -2.59. The molecular formula is C16H26OS. The normalized spacial score (nSPS) is 50.3. The summed E-state index contributed by atoms with van der Waals surface area (Å²) in [5.41, 5.74) is 0.976. The Morgan fingerprint density at radius 2 is 1.78 bits per heavy atom. The lowest BCUT2D eigenvalue weighted by molar-refractivity contribution is -0.137. The average Bonchev–Trinajstić information content (AvgIpc) is 2.53. The summed E-state index contributed by atoms with van der Waals surface area (Å²) < 4.78 is 6.07. The van der Waals surface area contributed by atoms with Crippen molar-refractivity contribution in [2.75, 3.05) is 0 Å². The van der Waals surface area contributed by atoms with E-state index in [9.17, 15) is 0 Å². The van der Waals surface area contributed by atoms with Crippen LogP contribution in [0.15, 0.2) is 0 Å². The van der Waals surface area contributed by atoms with Crippen molar-refractivity contribution in [2.45, 2.75) is 71.8 Å². The van der Waals surface area contributed by atoms with Crippen LogP contribution in [0.2, 0.25) is 0 Å². The molecule has 1 saturated heterocycles. The molecule has 0 aromatic carbocycles. The van der Waals surface area contributed by atoms with Gasteiger partial charge in [0.1, 0.15) is 5.60 Å². The van der Waals surface area contributed by atoms with Crippen LogP contribution in [0.3, 0.4) is 0 Å². The van der Waals surface area contributed by atoms with Gasteiger partial charge in [-0.3, -0.25) is 0 Å². The summed E-state index contributed by atoms with van der Waals surface area (Å²) in [7, 11) is 0. The molecule has 2 heteroatoms. The highest BCUT2D eigenvalue weighted by Gasteiger charge is 2.61. The van der Waals surface area contributed by atoms with E-state index in [1.807, 2.05) is 0 Å². The van der Waals surface area contributed by atoms with Crippen LogP contribution in [0, 0.1) is 22.7 Å². The number of hydrogen-bond acceptors (Lipinski definition) is 2. The highest BCUT2D eigenvalue weighted by molar-refractivity contribution is 7.80. The number of ether oxygens (including phenoxy) is 1. The third-order valence-electron chi connectivity index (χ3n) is 6.46. The summed E-state index contributed by atoms with van der Waals surface area (Å²) in [4.78, 5) is 0. The molecule has 4 atom stereocenters. The summed E-state index contributed by atoms with van der Waals surface area (Å²) in [6.45, 7) is 9.79. The Morgan fingerprint density at radius 3 is 2.50 bits per heavy atom. The average molecular weight is 266 g/mol. The maximum Gasteiger partial charge on any atom is 0.160 e. The predicted octanol–water partition coefficient (Wildman–Crippen LogP) is 4.74. The van der Waals surface area contributed by atoms with Gasteiger partial charge in [0, 0.05) is 12.3 Å². The van der Waals surface area contributed by atoms with Gasteiger partial charge >= 0.3 is 0 Å². The molecule has 0 N–H and O–H groups in total. The van der Waals surface area contributed by atoms with E-state index in [1.54, 1.807) is 0 Å². The zero-order valence-electron chi connectivity index (χ0n) is 12.2. The fourth-order valence-corrected chi connectivity index (χ4v) is 6.00. The Labute approximate surface area is 117 Å². The Kier molecular flexibility index (Phi) is 2.66. The highest BCUT2D eigenvalue weighted by atomic mass is 32.1. The molecule has 3 rings (SSSR count). The van der Waals surface area contributed by atoms with Crippen molar-refractivity contribution in [3.05, 3.63) is 0 Å². The van der Waals surface area contributed by atoms with Gasteiger partial charge in [-0.2, -0.15) is 0 Å². The van der Waals surface area contributed by atoms with Gasteiger partial charge in [-0.25, -0.2) is 0 Å². The Morgan fingerprint density at radius 1 is 1.06 bits per heavy atom. The van der Waals surface area contributed by atoms with Crippen LogP contribution in [0.25, 0.3) is 0 Å². The van der Waals surface area contributed by atoms with E-state index in [2.05, 4.69) is 27.7 Å². The summed E-state index contributed by atoms with van der Waals surface area (Å²) in [5.74, 6) is 1.50. The van der Waals surface area contributed by atoms with E-state index < -0.39 is 0 Å². The molecule has 0 spiro atoms. The van der Waals surface area contributed by atoms with Crippen LogP contribution < -0.4 is 0 Å². The van der Waals surface area contributed by atoms with Crippen molar-refractivity contribution in [1.82, 2.24) is 0 Å². The molecule has 0 radical (unpaired) electrons. The summed E-state index contributed by atoms with van der Waals surface area (Å²) in [6, 6.07) is 0. The molecule has 2 saturated carbocycles. The molecule has 0 bridgehead atoms. The molecule has 18 heavy (non-hydrogen) atoms. The Hall–Kier alpha value is -0.110. The minimum absolute atomic E-state index is 0.0375. The van der Waals surface area contributed by atoms with Crippen LogP contribution in [0.5, 0.6) is 0 Å². The van der Waals surface area contributed by atoms with Crippen LogP contribution in [0.4, 0.5) is 0 Å². The maximum absolute atomic E-state index is 6.07. The van der Waals surface area contributed by atoms with Crippen molar-refractivity contribution < 1.29 is 4.74 Å². The van der Waals surface area contributed by atoms with Gasteiger partial charge in [-0.1, -0.05) is 27.2 Å². The Balaban J connectivity index is 2.00. The zero-order chi connectivity index (χ0) is 13.2. The smallest absolute Gasteiger partial charge is 0.160 e. The molecule has 102 valence electrons. The largest absolute Gasteiger partial charge is 0.481 e. The number of fused-ring (bicyclic) bond motifs is 3. The minimum atomic E-state index is 0.0375. The van der Waals surface area contributed by atoms with E-state index in [4.69, 9.17) is 17.0 Å². The molecule has 2 aliphatic carbocycles. The molecule has 1 nitrogen and oxygen atoms in total. The summed E-state index contributed by atoms with van der Waals surface area (Å²) in [5, 5.41) is 0.868. The van der Waals surface area contributed by atoms with Crippen molar-refractivity contribution in [3.63, 3.8) is 0 Å². The summed E-state index contributed by atoms with van der Waals surface area (Å²) >= 11 is 5.38. The first-order valence-corrected chi connectivity index (χ1v) is 7.91. The monoisotopic (exact) mass is 266 g/mol. The Bertz CT molecular complexity index is 389. The van der Waals surface area contributed by atoms with Gasteiger partial charge in [0.2, 0.25) is 0 Å². The molecule has 3 aliphatic rings. The van der Waals surface area contributed by atoms with Gasteiger partial charge in [0.05, 0.1) is 0 Å². The van der Waals surface area contributed by atoms with Crippen LogP contribution >= 0.6 is 12.2 Å². The van der Waals surface area contributed by atoms with Crippen molar-refractivity contribution >= 4 is 17.3 Å². The second-order valence-electron chi connectivity index (χ2n) is 7.98. The fourth-order valence-electron chi connectivity index (χ4n) is 5.65. The van der Waals surface area contributed by atoms with Crippen molar-refractivity contribution in [2.24, 2.45) is 22.7 Å². The van der Waals surface area contributed by atoms with E-state index >= 15 is 0 Å². The molecule has 0 aromatic heterocycles. The molecule has 0 aromatic rings. The second kappa shape index (κ2) is 3.71. The first kappa shape index (κ1) is 12.9. The van der Waals surface area contributed by atoms with E-state index in [0.29, 0.717) is 16.7 Å². The molecule has 1 aliphatic heterocycles. The van der Waals surface area contributed by atoms with Gasteiger partial charge in [-0.15, -0.1) is 0 Å². The first-order valence-electron chi connectivity index (χ1n) is 7.50. The van der Waals surface area contributed by atoms with E-state index in [1.165, 1.54) is 32.1 Å². The fraction of sp³-hybridized carbons (Fsp3) is 0.938. The van der Waals surface area contributed by atoms with Gasteiger partial charge in [-0.05, 0) is 61.6 Å². The van der Waals surface area contributed by atoms with Crippen molar-refractivity contribution in [3.8, 4) is 0 Å². The molecule has 1 heterocycles. The van der Waals surface area contributed by atoms with Crippen molar-refractivity contribution in [1.29, 1.82) is 0 Å². The molecule has 0 amide bonds. The number of rotatable bonds is 0. The number of hydrogen-bond donors (Lipinski definition) is 0. The van der Waals surface area contributed by atoms with Gasteiger partial charge in [0.15, 0.2) is 5.05 Å². The van der Waals surface area contributed by atoms with E-state index in [0.717, 1.165) is 17.4 Å². The molecule has 0 unspecified atom stereocenters. The van der Waals surface area contributed by atoms with Gasteiger partial charge < -0.3 is 4.74 Å². The predicted molar refractivity (Wildman–Crippen MR) is 78.7 cm³/mol. The van der Waals surface area contributed by atoms with Crippen LogP contribution in [0.1, 0.15) is 66.2 Å². The lowest BCUT2D eigenvalue weighted by Crippen LogP contribution is -2.55. The van der Waals surface area contributed by atoms with Crippen LogP contribution in [-0.2, 0) is 4.74 Å². The summed E-state index contributed by atoms with van der Waals surface area (Å²) in [6.07, 6.45) is 7.67.